The molecule has 0 aromatic rings. The summed E-state index contributed by atoms with van der Waals surface area (Å²) >= 11 is -5.62. The van der Waals surface area contributed by atoms with Gasteiger partial charge in [-0.05, 0) is 0 Å². The van der Waals surface area contributed by atoms with Gasteiger partial charge in [0.1, 0.15) is 0 Å². The molecule has 0 bridgehead atoms. The van der Waals surface area contributed by atoms with Gasteiger partial charge in [0.05, 0.1) is 0 Å². The number of hydrogen-bond acceptors (Lipinski definition) is 4. The third-order valence-electron chi connectivity index (χ3n) is 1.06. The van der Waals surface area contributed by atoms with Crippen molar-refractivity contribution in [1.29, 1.82) is 0 Å². The Bertz CT molecular complexity index is 163. The SMILES string of the molecule is [CH2-]CCC.[CH2-]CCC.[CH2-]CCC.[Li+].[Li+].[O]=[Mn](=[O])([O-])[O-]. The predicted molar refractivity (Wildman–Crippen MR) is 62.2 cm³/mol. The molecule has 0 rings (SSSR count). The molecule has 4 nitrogen and oxygen atoms in total. The van der Waals surface area contributed by atoms with Crippen LogP contribution in [0, 0.1) is 20.8 Å². The molecule has 0 unspecified atom stereocenters. The van der Waals surface area contributed by atoms with Gasteiger partial charge in [-0.15, -0.1) is 0 Å². The molecule has 0 aromatic heterocycles. The molecule has 0 N–H and O–H groups in total. The second-order valence-corrected chi connectivity index (χ2v) is 4.12. The third-order valence-corrected chi connectivity index (χ3v) is 1.06. The van der Waals surface area contributed by atoms with Crippen LogP contribution in [0.25, 0.3) is 0 Å². The van der Waals surface area contributed by atoms with Crippen LogP contribution in [0.3, 0.4) is 0 Å². The van der Waals surface area contributed by atoms with E-state index in [0.29, 0.717) is 0 Å². The third kappa shape index (κ3) is 319. The Kier molecular flexibility index (Phi) is 71.0. The quantitative estimate of drug-likeness (QED) is 0.396. The van der Waals surface area contributed by atoms with E-state index in [9.17, 15) is 0 Å². The van der Waals surface area contributed by atoms with Crippen molar-refractivity contribution in [1.82, 2.24) is 0 Å². The van der Waals surface area contributed by atoms with Crippen molar-refractivity contribution in [2.45, 2.75) is 59.3 Å². The van der Waals surface area contributed by atoms with E-state index < -0.39 is 13.4 Å². The van der Waals surface area contributed by atoms with E-state index in [1.165, 1.54) is 19.3 Å². The summed E-state index contributed by atoms with van der Waals surface area (Å²) in [6.07, 6.45) is 6.83. The normalized spacial score (nSPS) is 7.79. The summed E-state index contributed by atoms with van der Waals surface area (Å²) in [5.41, 5.74) is 0. The van der Waals surface area contributed by atoms with E-state index in [1.54, 1.807) is 0 Å². The Morgan fingerprint density at radius 2 is 0.789 bits per heavy atom. The van der Waals surface area contributed by atoms with Crippen LogP contribution in [-0.4, -0.2) is 0 Å². The minimum atomic E-state index is -5.62. The van der Waals surface area contributed by atoms with Gasteiger partial charge in [0.25, 0.3) is 0 Å². The fourth-order valence-electron chi connectivity index (χ4n) is 0. The van der Waals surface area contributed by atoms with Crippen molar-refractivity contribution in [3.63, 3.8) is 0 Å². The Balaban J connectivity index is -0.0000000288. The minimum absolute atomic E-state index is 0. The fraction of sp³-hybridized carbons (Fsp3) is 0.750. The molecule has 0 heterocycles. The summed E-state index contributed by atoms with van der Waals surface area (Å²) in [5, 5.41) is 0. The molecule has 0 aliphatic heterocycles. The van der Waals surface area contributed by atoms with E-state index in [4.69, 9.17) is 16.0 Å². The zero-order chi connectivity index (χ0) is 14.7. The standard InChI is InChI=1S/3C4H9.2Li.Mn.4O/c3*1-3-4-2;;;;;;;/h3*1,3-4H2,2H3;;;;;;;/q3*-1;2*+1;;;;2*-1. The summed E-state index contributed by atoms with van der Waals surface area (Å²) in [5.74, 6) is 0. The van der Waals surface area contributed by atoms with Crippen LogP contribution < -0.4 is 46.1 Å². The fourth-order valence-corrected chi connectivity index (χ4v) is 0. The van der Waals surface area contributed by atoms with Gasteiger partial charge in [-0.2, -0.15) is 19.3 Å². The van der Waals surface area contributed by atoms with Crippen LogP contribution in [0.15, 0.2) is 0 Å². The van der Waals surface area contributed by atoms with Crippen LogP contribution in [0.2, 0.25) is 0 Å². The summed E-state index contributed by atoms with van der Waals surface area (Å²) in [6.45, 7) is 17.2. The zero-order valence-corrected chi connectivity index (χ0v) is 14.6. The van der Waals surface area contributed by atoms with Gasteiger partial charge in [-0.1, -0.05) is 40.0 Å². The molecule has 0 saturated carbocycles. The second kappa shape index (κ2) is 36.5. The molecule has 0 fully saturated rings. The molecule has 111 valence electrons. The van der Waals surface area contributed by atoms with Gasteiger partial charge in [-0.3, -0.25) is 0 Å². The topological polar surface area (TPSA) is 80.3 Å². The number of hydrogen-bond donors (Lipinski definition) is 0. The van der Waals surface area contributed by atoms with Crippen LogP contribution in [-0.2, 0) is 21.0 Å². The Morgan fingerprint density at radius 1 is 0.737 bits per heavy atom. The van der Waals surface area contributed by atoms with E-state index >= 15 is 0 Å². The average molecular weight is 304 g/mol. The summed E-state index contributed by atoms with van der Waals surface area (Å²) in [6, 6.07) is 0. The summed E-state index contributed by atoms with van der Waals surface area (Å²) in [7, 11) is 0. The van der Waals surface area contributed by atoms with Crippen molar-refractivity contribution in [2.75, 3.05) is 0 Å². The Morgan fingerprint density at radius 3 is 0.789 bits per heavy atom. The Hall–Kier alpha value is 1.23. The van der Waals surface area contributed by atoms with Gasteiger partial charge in [0.15, 0.2) is 0 Å². The Labute approximate surface area is 146 Å². The first-order chi connectivity index (χ1) is 7.74. The van der Waals surface area contributed by atoms with E-state index in [2.05, 4.69) is 41.5 Å². The molecule has 0 aliphatic rings. The molecule has 0 atom stereocenters. The molecule has 0 spiro atoms. The van der Waals surface area contributed by atoms with Crippen molar-refractivity contribution >= 4 is 0 Å². The van der Waals surface area contributed by atoms with Crippen molar-refractivity contribution in [3.8, 4) is 0 Å². The van der Waals surface area contributed by atoms with Crippen LogP contribution in [0.1, 0.15) is 59.3 Å². The van der Waals surface area contributed by atoms with E-state index in [-0.39, 0.29) is 37.7 Å². The van der Waals surface area contributed by atoms with Crippen molar-refractivity contribution in [3.05, 3.63) is 20.8 Å². The van der Waals surface area contributed by atoms with Crippen LogP contribution in [0.4, 0.5) is 0 Å². The zero-order valence-electron chi connectivity index (χ0n) is 13.4. The molecule has 7 heteroatoms. The maximum absolute atomic E-state index is 8.58. The van der Waals surface area contributed by atoms with Gasteiger partial charge >= 0.3 is 67.1 Å². The number of rotatable bonds is 3. The number of unbranched alkanes of at least 4 members (excludes halogenated alkanes) is 3. The van der Waals surface area contributed by atoms with E-state index in [1.807, 2.05) is 0 Å². The van der Waals surface area contributed by atoms with Crippen molar-refractivity contribution in [2.24, 2.45) is 0 Å². The molecule has 0 aliphatic carbocycles. The first-order valence-corrected chi connectivity index (χ1v) is 7.67. The molecular weight excluding hydrogens is 277 g/mol. The first-order valence-electron chi connectivity index (χ1n) is 5.74. The van der Waals surface area contributed by atoms with E-state index in [0.717, 1.165) is 19.3 Å². The molecular formula is C12H27Li2MnO4-3. The molecule has 0 aromatic carbocycles. The average Bonchev–Trinajstić information content (AvgIpc) is 2.27. The first kappa shape index (κ1) is 36.9. The monoisotopic (exact) mass is 304 g/mol. The molecule has 0 amide bonds. The van der Waals surface area contributed by atoms with Crippen LogP contribution in [0.5, 0.6) is 0 Å². The summed E-state index contributed by atoms with van der Waals surface area (Å²) < 4.78 is 34.3. The predicted octanol–water partition coefficient (Wildman–Crippen LogP) is -3.75. The molecule has 0 saturated heterocycles. The van der Waals surface area contributed by atoms with Gasteiger partial charge < -0.3 is 20.8 Å². The van der Waals surface area contributed by atoms with Gasteiger partial charge in [-0.25, -0.2) is 0 Å². The van der Waals surface area contributed by atoms with Crippen LogP contribution >= 0.6 is 0 Å². The molecule has 19 heavy (non-hydrogen) atoms. The summed E-state index contributed by atoms with van der Waals surface area (Å²) in [4.78, 5) is 0. The van der Waals surface area contributed by atoms with Gasteiger partial charge in [0.2, 0.25) is 0 Å². The van der Waals surface area contributed by atoms with Gasteiger partial charge in [0, 0.05) is 0 Å². The maximum atomic E-state index is 8.58. The van der Waals surface area contributed by atoms with Crippen molar-refractivity contribution < 1.29 is 67.1 Å². The second-order valence-electron chi connectivity index (χ2n) is 2.94. The molecule has 0 radical (unpaired) electrons.